The molecule has 0 aromatic carbocycles. The zero-order valence-electron chi connectivity index (χ0n) is 12.0. The van der Waals surface area contributed by atoms with Gasteiger partial charge in [0.05, 0.1) is 28.3 Å². The number of aryl methyl sites for hydroxylation is 2. The van der Waals surface area contributed by atoms with Gasteiger partial charge >= 0.3 is 5.97 Å². The molecule has 6 nitrogen and oxygen atoms in total. The number of carbonyl (C=O) groups is 1. The molecule has 0 amide bonds. The van der Waals surface area contributed by atoms with Gasteiger partial charge in [-0.1, -0.05) is 18.5 Å². The summed E-state index contributed by atoms with van der Waals surface area (Å²) in [5, 5.41) is 4.92. The van der Waals surface area contributed by atoms with Gasteiger partial charge in [0, 0.05) is 6.54 Å². The zero-order valence-corrected chi connectivity index (χ0v) is 12.7. The van der Waals surface area contributed by atoms with E-state index in [4.69, 9.17) is 22.1 Å². The predicted octanol–water partition coefficient (Wildman–Crippen LogP) is 2.45. The fourth-order valence-corrected chi connectivity index (χ4v) is 2.21. The first-order chi connectivity index (χ1) is 10.1. The van der Waals surface area contributed by atoms with E-state index in [1.54, 1.807) is 10.7 Å². The minimum atomic E-state index is -0.520. The van der Waals surface area contributed by atoms with Crippen LogP contribution in [0.5, 0.6) is 0 Å². The topological polar surface area (TPSA) is 83.0 Å². The molecule has 0 saturated carbocycles. The lowest BCUT2D eigenvalue weighted by molar-refractivity contribution is 0.0455. The van der Waals surface area contributed by atoms with Crippen LogP contribution < -0.4 is 5.73 Å². The Balaban J connectivity index is 2.11. The molecule has 0 unspecified atom stereocenters. The maximum atomic E-state index is 11.9. The van der Waals surface area contributed by atoms with Gasteiger partial charge in [-0.3, -0.25) is 4.68 Å². The number of rotatable bonds is 5. The van der Waals surface area contributed by atoms with Gasteiger partial charge in [0.2, 0.25) is 0 Å². The Kier molecular flexibility index (Phi) is 4.80. The maximum absolute atomic E-state index is 11.9. The highest BCUT2D eigenvalue weighted by molar-refractivity contribution is 6.31. The van der Waals surface area contributed by atoms with Crippen LogP contribution in [0.2, 0.25) is 5.02 Å². The van der Waals surface area contributed by atoms with Gasteiger partial charge in [0.15, 0.2) is 0 Å². The first-order valence-corrected chi connectivity index (χ1v) is 7.07. The highest BCUT2D eigenvalue weighted by Gasteiger charge is 2.17. The Morgan fingerprint density at radius 3 is 2.76 bits per heavy atom. The van der Waals surface area contributed by atoms with Crippen molar-refractivity contribution in [3.8, 4) is 0 Å². The van der Waals surface area contributed by atoms with Crippen LogP contribution in [0, 0.1) is 0 Å². The standard InChI is InChI=1S/C14H17ClN4O2/c1-3-10-13(15)12(19(4-2)18-10)8-21-14(20)11-6-5-9(16)7-17-11/h5-7H,3-4,8,16H2,1-2H3. The highest BCUT2D eigenvalue weighted by atomic mass is 35.5. The molecule has 2 rings (SSSR count). The summed E-state index contributed by atoms with van der Waals surface area (Å²) in [5.41, 5.74) is 7.72. The number of nitrogens with two attached hydrogens (primary N) is 1. The first kappa shape index (κ1) is 15.3. The molecule has 0 atom stereocenters. The van der Waals surface area contributed by atoms with E-state index in [0.717, 1.165) is 12.1 Å². The molecule has 21 heavy (non-hydrogen) atoms. The van der Waals surface area contributed by atoms with E-state index in [1.165, 1.54) is 12.3 Å². The summed E-state index contributed by atoms with van der Waals surface area (Å²) >= 11 is 6.25. The Labute approximate surface area is 127 Å². The van der Waals surface area contributed by atoms with Crippen molar-refractivity contribution in [1.82, 2.24) is 14.8 Å². The summed E-state index contributed by atoms with van der Waals surface area (Å²) < 4.78 is 6.99. The molecule has 0 spiro atoms. The van der Waals surface area contributed by atoms with Gasteiger partial charge in [0.25, 0.3) is 0 Å². The average Bonchev–Trinajstić information content (AvgIpc) is 2.81. The molecule has 0 aliphatic rings. The van der Waals surface area contributed by atoms with Gasteiger partial charge in [-0.25, -0.2) is 9.78 Å². The number of aromatic nitrogens is 3. The second kappa shape index (κ2) is 6.58. The summed E-state index contributed by atoms with van der Waals surface area (Å²) in [5.74, 6) is -0.520. The largest absolute Gasteiger partial charge is 0.454 e. The maximum Gasteiger partial charge on any atom is 0.357 e. The van der Waals surface area contributed by atoms with Gasteiger partial charge in [0.1, 0.15) is 12.3 Å². The average molecular weight is 309 g/mol. The number of hydrogen-bond donors (Lipinski definition) is 1. The van der Waals surface area contributed by atoms with E-state index in [9.17, 15) is 4.79 Å². The van der Waals surface area contributed by atoms with Crippen molar-refractivity contribution in [3.63, 3.8) is 0 Å². The number of carbonyl (C=O) groups excluding carboxylic acids is 1. The van der Waals surface area contributed by atoms with E-state index in [1.807, 2.05) is 13.8 Å². The number of pyridine rings is 1. The second-order valence-corrected chi connectivity index (χ2v) is 4.81. The lowest BCUT2D eigenvalue weighted by Gasteiger charge is -2.07. The van der Waals surface area contributed by atoms with Crippen LogP contribution in [0.1, 0.15) is 35.7 Å². The van der Waals surface area contributed by atoms with Crippen molar-refractivity contribution < 1.29 is 9.53 Å². The van der Waals surface area contributed by atoms with E-state index in [2.05, 4.69) is 10.1 Å². The number of nitrogen functional groups attached to an aromatic ring is 1. The summed E-state index contributed by atoms with van der Waals surface area (Å²) in [4.78, 5) is 15.8. The van der Waals surface area contributed by atoms with Crippen LogP contribution >= 0.6 is 11.6 Å². The zero-order chi connectivity index (χ0) is 15.4. The molecule has 2 heterocycles. The predicted molar refractivity (Wildman–Crippen MR) is 80.1 cm³/mol. The molecule has 0 fully saturated rings. The van der Waals surface area contributed by atoms with Crippen LogP contribution in [0.4, 0.5) is 5.69 Å². The summed E-state index contributed by atoms with van der Waals surface area (Å²) in [7, 11) is 0. The van der Waals surface area contributed by atoms with Crippen LogP contribution in [-0.2, 0) is 24.3 Å². The smallest absolute Gasteiger partial charge is 0.357 e. The Morgan fingerprint density at radius 2 is 2.19 bits per heavy atom. The second-order valence-electron chi connectivity index (χ2n) is 4.43. The SMILES string of the molecule is CCc1nn(CC)c(COC(=O)c2ccc(N)cn2)c1Cl. The Bertz CT molecular complexity index is 637. The molecule has 0 radical (unpaired) electrons. The van der Waals surface area contributed by atoms with Crippen molar-refractivity contribution in [2.75, 3.05) is 5.73 Å². The van der Waals surface area contributed by atoms with Gasteiger partial charge < -0.3 is 10.5 Å². The van der Waals surface area contributed by atoms with Crippen LogP contribution in [-0.4, -0.2) is 20.7 Å². The number of ether oxygens (including phenoxy) is 1. The minimum Gasteiger partial charge on any atom is -0.454 e. The molecule has 0 aliphatic heterocycles. The van der Waals surface area contributed by atoms with Crippen molar-refractivity contribution >= 4 is 23.3 Å². The quantitative estimate of drug-likeness (QED) is 0.858. The van der Waals surface area contributed by atoms with Gasteiger partial charge in [-0.15, -0.1) is 0 Å². The lowest BCUT2D eigenvalue weighted by atomic mass is 10.3. The number of nitrogens with zero attached hydrogens (tertiary/aromatic N) is 3. The summed E-state index contributed by atoms with van der Waals surface area (Å²) in [6, 6.07) is 3.12. The molecule has 2 aromatic heterocycles. The lowest BCUT2D eigenvalue weighted by Crippen LogP contribution is -2.11. The normalized spacial score (nSPS) is 10.6. The third kappa shape index (κ3) is 3.33. The molecule has 0 aliphatic carbocycles. The van der Waals surface area contributed by atoms with Crippen molar-refractivity contribution in [2.24, 2.45) is 0 Å². The van der Waals surface area contributed by atoms with Gasteiger partial charge in [-0.05, 0) is 25.5 Å². The first-order valence-electron chi connectivity index (χ1n) is 6.69. The molecule has 0 bridgehead atoms. The van der Waals surface area contributed by atoms with Crippen LogP contribution in [0.3, 0.4) is 0 Å². The summed E-state index contributed by atoms with van der Waals surface area (Å²) in [6.45, 7) is 4.65. The number of halogens is 1. The van der Waals surface area contributed by atoms with E-state index in [-0.39, 0.29) is 12.3 Å². The molecule has 0 saturated heterocycles. The Morgan fingerprint density at radius 1 is 1.43 bits per heavy atom. The number of anilines is 1. The molecular weight excluding hydrogens is 292 g/mol. The van der Waals surface area contributed by atoms with Crippen molar-refractivity contribution in [3.05, 3.63) is 40.4 Å². The van der Waals surface area contributed by atoms with E-state index in [0.29, 0.717) is 22.9 Å². The third-order valence-corrected chi connectivity index (χ3v) is 3.47. The van der Waals surface area contributed by atoms with E-state index >= 15 is 0 Å². The van der Waals surface area contributed by atoms with Crippen molar-refractivity contribution in [1.29, 1.82) is 0 Å². The fourth-order valence-electron chi connectivity index (χ4n) is 1.89. The van der Waals surface area contributed by atoms with Crippen molar-refractivity contribution in [2.45, 2.75) is 33.4 Å². The fraction of sp³-hybridized carbons (Fsp3) is 0.357. The number of esters is 1. The third-order valence-electron chi connectivity index (χ3n) is 3.03. The number of hydrogen-bond acceptors (Lipinski definition) is 5. The van der Waals surface area contributed by atoms with Crippen LogP contribution in [0.15, 0.2) is 18.3 Å². The highest BCUT2D eigenvalue weighted by Crippen LogP contribution is 2.22. The Hall–Kier alpha value is -2.08. The van der Waals surface area contributed by atoms with E-state index < -0.39 is 5.97 Å². The minimum absolute atomic E-state index is 0.0601. The molecule has 2 N–H and O–H groups in total. The van der Waals surface area contributed by atoms with Gasteiger partial charge in [-0.2, -0.15) is 5.10 Å². The molecular formula is C14H17ClN4O2. The van der Waals surface area contributed by atoms with Crippen LogP contribution in [0.25, 0.3) is 0 Å². The molecule has 7 heteroatoms. The molecule has 2 aromatic rings. The monoisotopic (exact) mass is 308 g/mol. The molecule has 112 valence electrons. The summed E-state index contributed by atoms with van der Waals surface area (Å²) in [6.07, 6.45) is 2.14.